The van der Waals surface area contributed by atoms with Crippen molar-refractivity contribution in [1.82, 2.24) is 25.0 Å². The summed E-state index contributed by atoms with van der Waals surface area (Å²) in [6.45, 7) is 4.88. The van der Waals surface area contributed by atoms with E-state index in [4.69, 9.17) is 4.52 Å². The minimum absolute atomic E-state index is 0.130. The smallest absolute Gasteiger partial charge is 0.223 e. The first-order chi connectivity index (χ1) is 10.1. The zero-order valence-electron chi connectivity index (χ0n) is 12.1. The van der Waals surface area contributed by atoms with E-state index in [-0.39, 0.29) is 11.8 Å². The van der Waals surface area contributed by atoms with Crippen molar-refractivity contribution in [2.75, 3.05) is 13.1 Å². The van der Waals surface area contributed by atoms with Crippen LogP contribution in [0, 0.1) is 6.92 Å². The van der Waals surface area contributed by atoms with Crippen LogP contribution in [-0.4, -0.2) is 44.0 Å². The molecule has 0 unspecified atom stereocenters. The number of hydrogen-bond donors (Lipinski definition) is 0. The highest BCUT2D eigenvalue weighted by molar-refractivity contribution is 5.73. The Hall–Kier alpha value is -2.31. The summed E-state index contributed by atoms with van der Waals surface area (Å²) in [6.07, 6.45) is 5.05. The number of aryl methyl sites for hydroxylation is 1. The van der Waals surface area contributed by atoms with Crippen molar-refractivity contribution in [3.63, 3.8) is 0 Å². The third-order valence-corrected chi connectivity index (χ3v) is 3.84. The van der Waals surface area contributed by atoms with Gasteiger partial charge in [0.05, 0.1) is 11.3 Å². The van der Waals surface area contributed by atoms with Gasteiger partial charge in [0.2, 0.25) is 17.6 Å². The maximum Gasteiger partial charge on any atom is 0.223 e. The van der Waals surface area contributed by atoms with Crippen molar-refractivity contribution in [3.05, 3.63) is 24.1 Å². The molecule has 0 radical (unpaired) electrons. The summed E-state index contributed by atoms with van der Waals surface area (Å²) in [5, 5.41) is 3.95. The fourth-order valence-electron chi connectivity index (χ4n) is 2.71. The van der Waals surface area contributed by atoms with Gasteiger partial charge >= 0.3 is 0 Å². The monoisotopic (exact) mass is 287 g/mol. The van der Waals surface area contributed by atoms with Crippen LogP contribution in [0.1, 0.15) is 37.3 Å². The minimum atomic E-state index is 0.130. The van der Waals surface area contributed by atoms with Crippen LogP contribution in [0.4, 0.5) is 0 Å². The summed E-state index contributed by atoms with van der Waals surface area (Å²) < 4.78 is 5.04. The van der Waals surface area contributed by atoms with Crippen LogP contribution in [0.25, 0.3) is 11.4 Å². The fourth-order valence-corrected chi connectivity index (χ4v) is 2.71. The summed E-state index contributed by atoms with van der Waals surface area (Å²) >= 11 is 0. The first-order valence-electron chi connectivity index (χ1n) is 7.01. The Bertz CT molecular complexity index is 646. The predicted molar refractivity (Wildman–Crippen MR) is 74.3 cm³/mol. The van der Waals surface area contributed by atoms with E-state index in [0.29, 0.717) is 11.7 Å². The molecule has 0 bridgehead atoms. The fraction of sp³-hybridized carbons (Fsp3) is 0.500. The molecule has 0 N–H and O–H groups in total. The summed E-state index contributed by atoms with van der Waals surface area (Å²) in [5.41, 5.74) is 1.75. The van der Waals surface area contributed by atoms with Crippen LogP contribution in [0.15, 0.2) is 17.0 Å². The first-order valence-corrected chi connectivity index (χ1v) is 7.01. The number of carbonyl (C=O) groups excluding carboxylic acids is 1. The minimum Gasteiger partial charge on any atom is -0.343 e. The highest BCUT2D eigenvalue weighted by atomic mass is 16.5. The lowest BCUT2D eigenvalue weighted by Gasteiger charge is -2.31. The Balaban J connectivity index is 1.85. The molecule has 7 nitrogen and oxygen atoms in total. The molecule has 1 aliphatic heterocycles. The standard InChI is InChI=1S/C14H17N5O2/c1-9-17-14(18-21-9)12-7-15-8-16-13(12)11-3-5-19(6-4-11)10(2)20/h7-8,11H,3-6H2,1-2H3. The molecule has 1 amide bonds. The van der Waals surface area contributed by atoms with Gasteiger partial charge in [-0.05, 0) is 12.8 Å². The normalized spacial score (nSPS) is 16.2. The molecular weight excluding hydrogens is 270 g/mol. The Labute approximate surface area is 122 Å². The van der Waals surface area contributed by atoms with Crippen molar-refractivity contribution < 1.29 is 9.32 Å². The SMILES string of the molecule is CC(=O)N1CCC(c2ncncc2-c2noc(C)n2)CC1. The zero-order valence-corrected chi connectivity index (χ0v) is 12.1. The third kappa shape index (κ3) is 2.76. The number of piperidine rings is 1. The average Bonchev–Trinajstić information content (AvgIpc) is 2.94. The largest absolute Gasteiger partial charge is 0.343 e. The van der Waals surface area contributed by atoms with Crippen LogP contribution in [0.3, 0.4) is 0 Å². The van der Waals surface area contributed by atoms with Gasteiger partial charge in [0.1, 0.15) is 6.33 Å². The lowest BCUT2D eigenvalue weighted by atomic mass is 9.90. The van der Waals surface area contributed by atoms with Gasteiger partial charge in [0.25, 0.3) is 0 Å². The molecule has 0 atom stereocenters. The highest BCUT2D eigenvalue weighted by Crippen LogP contribution is 2.32. The predicted octanol–water partition coefficient (Wildman–Crippen LogP) is 1.56. The van der Waals surface area contributed by atoms with Crippen LogP contribution in [-0.2, 0) is 4.79 Å². The van der Waals surface area contributed by atoms with Gasteiger partial charge in [0, 0.05) is 39.1 Å². The van der Waals surface area contributed by atoms with Crippen LogP contribution in [0.5, 0.6) is 0 Å². The highest BCUT2D eigenvalue weighted by Gasteiger charge is 2.26. The van der Waals surface area contributed by atoms with Crippen LogP contribution in [0.2, 0.25) is 0 Å². The molecule has 0 aliphatic carbocycles. The van der Waals surface area contributed by atoms with Gasteiger partial charge in [-0.3, -0.25) is 4.79 Å². The Kier molecular flexibility index (Phi) is 3.64. The molecule has 3 heterocycles. The second-order valence-corrected chi connectivity index (χ2v) is 5.24. The van der Waals surface area contributed by atoms with Gasteiger partial charge in [0.15, 0.2) is 0 Å². The molecule has 1 aliphatic rings. The van der Waals surface area contributed by atoms with Crippen molar-refractivity contribution in [1.29, 1.82) is 0 Å². The number of rotatable bonds is 2. The molecule has 0 aromatic carbocycles. The van der Waals surface area contributed by atoms with E-state index in [0.717, 1.165) is 37.2 Å². The molecule has 110 valence electrons. The third-order valence-electron chi connectivity index (χ3n) is 3.84. The lowest BCUT2D eigenvalue weighted by molar-refractivity contribution is -0.129. The summed E-state index contributed by atoms with van der Waals surface area (Å²) in [4.78, 5) is 26.0. The van der Waals surface area contributed by atoms with Crippen LogP contribution >= 0.6 is 0 Å². The van der Waals surface area contributed by atoms with Gasteiger partial charge in [-0.2, -0.15) is 4.98 Å². The van der Waals surface area contributed by atoms with E-state index < -0.39 is 0 Å². The molecule has 0 spiro atoms. The molecule has 1 fully saturated rings. The van der Waals surface area contributed by atoms with E-state index in [1.807, 2.05) is 4.90 Å². The Morgan fingerprint density at radius 1 is 1.38 bits per heavy atom. The quantitative estimate of drug-likeness (QED) is 0.833. The molecule has 0 saturated carbocycles. The van der Waals surface area contributed by atoms with E-state index in [9.17, 15) is 4.79 Å². The van der Waals surface area contributed by atoms with Crippen LogP contribution < -0.4 is 0 Å². The van der Waals surface area contributed by atoms with E-state index >= 15 is 0 Å². The molecule has 2 aromatic rings. The molecule has 1 saturated heterocycles. The first kappa shape index (κ1) is 13.7. The van der Waals surface area contributed by atoms with Crippen molar-refractivity contribution in [2.45, 2.75) is 32.6 Å². The number of amides is 1. The Morgan fingerprint density at radius 2 is 2.14 bits per heavy atom. The van der Waals surface area contributed by atoms with E-state index in [1.54, 1.807) is 26.4 Å². The summed E-state index contributed by atoms with van der Waals surface area (Å²) in [5.74, 6) is 1.46. The van der Waals surface area contributed by atoms with E-state index in [2.05, 4.69) is 20.1 Å². The molecule has 21 heavy (non-hydrogen) atoms. The van der Waals surface area contributed by atoms with Gasteiger partial charge in [-0.25, -0.2) is 9.97 Å². The molecule has 3 rings (SSSR count). The Morgan fingerprint density at radius 3 is 2.76 bits per heavy atom. The maximum atomic E-state index is 11.4. The zero-order chi connectivity index (χ0) is 14.8. The topological polar surface area (TPSA) is 85.0 Å². The number of carbonyl (C=O) groups is 1. The molecule has 2 aromatic heterocycles. The second kappa shape index (κ2) is 5.59. The number of hydrogen-bond acceptors (Lipinski definition) is 6. The molecular formula is C14H17N5O2. The second-order valence-electron chi connectivity index (χ2n) is 5.24. The molecule has 7 heteroatoms. The van der Waals surface area contributed by atoms with E-state index in [1.165, 1.54) is 0 Å². The lowest BCUT2D eigenvalue weighted by Crippen LogP contribution is -2.36. The van der Waals surface area contributed by atoms with Gasteiger partial charge in [-0.1, -0.05) is 5.16 Å². The number of likely N-dealkylation sites (tertiary alicyclic amines) is 1. The van der Waals surface area contributed by atoms with Crippen molar-refractivity contribution in [2.24, 2.45) is 0 Å². The maximum absolute atomic E-state index is 11.4. The number of nitrogens with zero attached hydrogens (tertiary/aromatic N) is 5. The van der Waals surface area contributed by atoms with Crippen molar-refractivity contribution in [3.8, 4) is 11.4 Å². The summed E-state index contributed by atoms with van der Waals surface area (Å²) in [7, 11) is 0. The summed E-state index contributed by atoms with van der Waals surface area (Å²) in [6, 6.07) is 0. The number of aromatic nitrogens is 4. The average molecular weight is 287 g/mol. The van der Waals surface area contributed by atoms with Gasteiger partial charge < -0.3 is 9.42 Å². The van der Waals surface area contributed by atoms with Crippen molar-refractivity contribution >= 4 is 5.91 Å². The van der Waals surface area contributed by atoms with Gasteiger partial charge in [-0.15, -0.1) is 0 Å².